The standard InChI is InChI=1S/CH3OS3/c1-2-5(3)4/h1H3/q-1. The minimum Gasteiger partial charge on any atom is -0.469 e. The third-order valence-electron chi connectivity index (χ3n) is 0.136. The predicted molar refractivity (Wildman–Crippen MR) is 29.1 cm³/mol. The van der Waals surface area contributed by atoms with Crippen LogP contribution in [0.4, 0.5) is 0 Å². The Labute approximate surface area is 42.4 Å². The molecule has 0 fully saturated rings. The summed E-state index contributed by atoms with van der Waals surface area (Å²) in [6.45, 7) is 0. The van der Waals surface area contributed by atoms with Crippen molar-refractivity contribution in [2.75, 3.05) is 7.11 Å². The molecule has 0 N–H and O–H groups in total. The molecule has 0 aliphatic rings. The smallest absolute Gasteiger partial charge is 0.0117 e. The van der Waals surface area contributed by atoms with E-state index in [2.05, 4.69) is 26.6 Å². The van der Waals surface area contributed by atoms with Crippen LogP contribution in [0.3, 0.4) is 0 Å². The topological polar surface area (TPSA) is 9.23 Å². The Balaban J connectivity index is 3.23. The summed E-state index contributed by atoms with van der Waals surface area (Å²) >= 11 is 8.80. The monoisotopic (exact) mass is 127 g/mol. The first kappa shape index (κ1) is 5.75. The van der Waals surface area contributed by atoms with Crippen molar-refractivity contribution in [2.24, 2.45) is 0 Å². The Morgan fingerprint density at radius 3 is 1.80 bits per heavy atom. The van der Waals surface area contributed by atoms with E-state index in [9.17, 15) is 0 Å². The Kier molecular flexibility index (Phi) is 3.40. The van der Waals surface area contributed by atoms with Gasteiger partial charge in [0.2, 0.25) is 0 Å². The molecule has 5 heavy (non-hydrogen) atoms. The average molecular weight is 127 g/mol. The summed E-state index contributed by atoms with van der Waals surface area (Å²) < 4.78 is 4.41. The second kappa shape index (κ2) is 2.96. The van der Waals surface area contributed by atoms with E-state index in [1.807, 2.05) is 0 Å². The summed E-state index contributed by atoms with van der Waals surface area (Å²) in [5.74, 6) is 0. The molecule has 0 aromatic carbocycles. The molecule has 0 atom stereocenters. The third kappa shape index (κ3) is 4.75. The quantitative estimate of drug-likeness (QED) is 0.462. The van der Waals surface area contributed by atoms with E-state index in [0.717, 1.165) is 0 Å². The first-order valence-corrected chi connectivity index (χ1v) is 3.91. The second-order valence-corrected chi connectivity index (χ2v) is 3.56. The molecule has 0 spiro atoms. The van der Waals surface area contributed by atoms with Crippen molar-refractivity contribution in [3.8, 4) is 0 Å². The van der Waals surface area contributed by atoms with Crippen molar-refractivity contribution in [1.29, 1.82) is 0 Å². The van der Waals surface area contributed by atoms with E-state index in [0.29, 0.717) is 0 Å². The van der Waals surface area contributed by atoms with Gasteiger partial charge in [-0.25, -0.2) is 30.7 Å². The van der Waals surface area contributed by atoms with Crippen LogP contribution in [0.5, 0.6) is 0 Å². The van der Waals surface area contributed by atoms with Crippen LogP contribution in [0.1, 0.15) is 0 Å². The molecular formula is CH3OS3-. The number of hydrogen-bond donors (Lipinski definition) is 0. The zero-order chi connectivity index (χ0) is 4.28. The second-order valence-electron chi connectivity index (χ2n) is 0.371. The van der Waals surface area contributed by atoms with Gasteiger partial charge in [0.05, 0.1) is 0 Å². The summed E-state index contributed by atoms with van der Waals surface area (Å²) in [4.78, 5) is 0. The zero-order valence-corrected chi connectivity index (χ0v) is 5.08. The summed E-state index contributed by atoms with van der Waals surface area (Å²) in [6.07, 6.45) is 0. The predicted octanol–water partition coefficient (Wildman–Crippen LogP) is 0.0899. The molecule has 0 aliphatic carbocycles. The summed E-state index contributed by atoms with van der Waals surface area (Å²) in [7, 11) is 0.847. The Morgan fingerprint density at radius 1 is 1.60 bits per heavy atom. The maximum Gasteiger partial charge on any atom is 0.0117 e. The molecular weight excluding hydrogens is 124 g/mol. The van der Waals surface area contributed by atoms with E-state index in [4.69, 9.17) is 0 Å². The molecule has 0 bridgehead atoms. The molecule has 0 amide bonds. The molecule has 0 saturated carbocycles. The van der Waals surface area contributed by atoms with Gasteiger partial charge in [-0.05, 0) is 0 Å². The van der Waals surface area contributed by atoms with Gasteiger partial charge in [0, 0.05) is 7.11 Å². The molecule has 0 rings (SSSR count). The van der Waals surface area contributed by atoms with Crippen LogP contribution in [0, 0.1) is 0 Å². The van der Waals surface area contributed by atoms with Gasteiger partial charge in [0.25, 0.3) is 0 Å². The highest BCUT2D eigenvalue weighted by atomic mass is 33.1. The van der Waals surface area contributed by atoms with Gasteiger partial charge in [0.1, 0.15) is 0 Å². The fraction of sp³-hybridized carbons (Fsp3) is 1.00. The highest BCUT2D eigenvalue weighted by molar-refractivity contribution is 8.44. The molecule has 0 heterocycles. The molecule has 0 saturated heterocycles. The van der Waals surface area contributed by atoms with Crippen LogP contribution in [0.2, 0.25) is 0 Å². The molecule has 0 radical (unpaired) electrons. The maximum absolute atomic E-state index is 4.41. The Morgan fingerprint density at radius 2 is 1.80 bits per heavy atom. The van der Waals surface area contributed by atoms with Gasteiger partial charge in [-0.1, -0.05) is 0 Å². The molecule has 32 valence electrons. The molecule has 0 unspecified atom stereocenters. The van der Waals surface area contributed by atoms with Crippen molar-refractivity contribution in [2.45, 2.75) is 0 Å². The Hall–Kier alpha value is 0.750. The first-order valence-electron chi connectivity index (χ1n) is 0.908. The summed E-state index contributed by atoms with van der Waals surface area (Å²) in [5, 5.41) is 0. The first-order chi connectivity index (χ1) is 2.27. The van der Waals surface area contributed by atoms with Gasteiger partial charge in [-0.15, -0.1) is 0 Å². The lowest BCUT2D eigenvalue weighted by Crippen LogP contribution is -1.68. The number of rotatable bonds is 1. The van der Waals surface area contributed by atoms with Crippen LogP contribution >= 0.6 is 0 Å². The van der Waals surface area contributed by atoms with E-state index in [1.165, 1.54) is 7.11 Å². The van der Waals surface area contributed by atoms with Crippen LogP contribution in [0.15, 0.2) is 0 Å². The van der Waals surface area contributed by atoms with E-state index in [-0.39, 0.29) is 0 Å². The minimum absolute atomic E-state index is 0.656. The van der Waals surface area contributed by atoms with Crippen molar-refractivity contribution in [3.05, 3.63) is 0 Å². The molecule has 4 heteroatoms. The summed E-state index contributed by atoms with van der Waals surface area (Å²) in [6, 6.07) is 0. The van der Waals surface area contributed by atoms with Crippen molar-refractivity contribution in [3.63, 3.8) is 0 Å². The SMILES string of the molecule is CO[S-](=S)=S. The van der Waals surface area contributed by atoms with Crippen LogP contribution in [-0.2, 0) is 34.9 Å². The van der Waals surface area contributed by atoms with E-state index in [1.54, 1.807) is 0 Å². The van der Waals surface area contributed by atoms with Crippen LogP contribution in [0.25, 0.3) is 0 Å². The lowest BCUT2D eigenvalue weighted by molar-refractivity contribution is 0.494. The van der Waals surface area contributed by atoms with Gasteiger partial charge in [-0.3, -0.25) is 0 Å². The maximum atomic E-state index is 4.41. The largest absolute Gasteiger partial charge is 0.469 e. The minimum atomic E-state index is -0.656. The summed E-state index contributed by atoms with van der Waals surface area (Å²) in [5.41, 5.74) is 0. The van der Waals surface area contributed by atoms with Gasteiger partial charge >= 0.3 is 0 Å². The third-order valence-corrected chi connectivity index (χ3v) is 1.22. The van der Waals surface area contributed by atoms with Crippen LogP contribution in [-0.4, -0.2) is 7.11 Å². The van der Waals surface area contributed by atoms with Gasteiger partial charge in [0.15, 0.2) is 0 Å². The fourth-order valence-corrected chi connectivity index (χ4v) is 0. The molecule has 0 aliphatic heterocycles. The average Bonchev–Trinajstić information content (AvgIpc) is 1.38. The van der Waals surface area contributed by atoms with Gasteiger partial charge in [-0.2, -0.15) is 0 Å². The van der Waals surface area contributed by atoms with Gasteiger partial charge < -0.3 is 4.18 Å². The lowest BCUT2D eigenvalue weighted by Gasteiger charge is -1.91. The lowest BCUT2D eigenvalue weighted by atomic mass is 11.8. The van der Waals surface area contributed by atoms with E-state index >= 15 is 0 Å². The van der Waals surface area contributed by atoms with E-state index < -0.39 is 8.29 Å². The van der Waals surface area contributed by atoms with Crippen LogP contribution < -0.4 is 0 Å². The fourth-order valence-electron chi connectivity index (χ4n) is 0. The molecule has 0 aromatic rings. The Bertz CT molecular complexity index is 65.0. The van der Waals surface area contributed by atoms with Crippen molar-refractivity contribution in [1.82, 2.24) is 0 Å². The number of hydrogen-bond acceptors (Lipinski definition) is 4. The highest BCUT2D eigenvalue weighted by Gasteiger charge is 1.35. The molecule has 1 nitrogen and oxygen atoms in total. The highest BCUT2D eigenvalue weighted by Crippen LogP contribution is 1.57. The zero-order valence-electron chi connectivity index (χ0n) is 2.63. The molecule has 0 aromatic heterocycles. The van der Waals surface area contributed by atoms with Crippen molar-refractivity contribution >= 4 is 30.7 Å². The van der Waals surface area contributed by atoms with Crippen molar-refractivity contribution < 1.29 is 4.18 Å². The normalized spacial score (nSPS) is 9.20.